The molecule has 0 aliphatic heterocycles. The van der Waals surface area contributed by atoms with Crippen LogP contribution in [0.15, 0.2) is 18.2 Å². The maximum Gasteiger partial charge on any atom is 0.272 e. The fourth-order valence-corrected chi connectivity index (χ4v) is 3.05. The number of carbonyl (C=O) groups excluding carboxylic acids is 1. The Bertz CT molecular complexity index is 637. The summed E-state index contributed by atoms with van der Waals surface area (Å²) >= 11 is 0. The number of halogens is 2. The van der Waals surface area contributed by atoms with Crippen LogP contribution in [0.2, 0.25) is 0 Å². The van der Waals surface area contributed by atoms with Crippen LogP contribution < -0.4 is 15.8 Å². The molecule has 2 atom stereocenters. The highest BCUT2D eigenvalue weighted by Crippen LogP contribution is 2.50. The number of nitrogens with one attached hydrogen (secondary N) is 1. The molecule has 0 spiro atoms. The highest BCUT2D eigenvalue weighted by molar-refractivity contribution is 6.00. The molecule has 1 aromatic carbocycles. The largest absolute Gasteiger partial charge is 0.487 e. The van der Waals surface area contributed by atoms with Crippen LogP contribution in [0.3, 0.4) is 0 Å². The summed E-state index contributed by atoms with van der Waals surface area (Å²) in [6.45, 7) is 7.33. The quantitative estimate of drug-likeness (QED) is 0.787. The van der Waals surface area contributed by atoms with Gasteiger partial charge in [0.2, 0.25) is 5.91 Å². The summed E-state index contributed by atoms with van der Waals surface area (Å²) in [5, 5.41) is 2.77. The predicted octanol–water partition coefficient (Wildman–Crippen LogP) is 3.11. The first kappa shape index (κ1) is 19.6. The highest BCUT2D eigenvalue weighted by Gasteiger charge is 2.62. The Morgan fingerprint density at radius 3 is 2.68 bits per heavy atom. The van der Waals surface area contributed by atoms with E-state index in [0.29, 0.717) is 30.0 Å². The van der Waals surface area contributed by atoms with E-state index in [1.165, 1.54) is 6.07 Å². The third-order valence-electron chi connectivity index (χ3n) is 5.05. The summed E-state index contributed by atoms with van der Waals surface area (Å²) < 4.78 is 35.4. The van der Waals surface area contributed by atoms with Crippen molar-refractivity contribution in [3.63, 3.8) is 0 Å². The average Bonchev–Trinajstić information content (AvgIpc) is 2.54. The molecule has 1 aliphatic carbocycles. The number of carbonyl (C=O) groups is 1. The number of benzene rings is 1. The Kier molecular flexibility index (Phi) is 5.68. The van der Waals surface area contributed by atoms with Crippen molar-refractivity contribution >= 4 is 11.6 Å². The molecule has 1 aromatic rings. The van der Waals surface area contributed by atoms with Crippen molar-refractivity contribution in [2.75, 3.05) is 18.5 Å². The van der Waals surface area contributed by atoms with E-state index in [9.17, 15) is 13.6 Å². The number of alkyl halides is 2. The summed E-state index contributed by atoms with van der Waals surface area (Å²) in [5.41, 5.74) is 5.94. The van der Waals surface area contributed by atoms with Crippen molar-refractivity contribution in [2.45, 2.75) is 52.2 Å². The minimum atomic E-state index is -2.56. The summed E-state index contributed by atoms with van der Waals surface area (Å²) in [5.74, 6) is -0.0126. The molecule has 2 rings (SSSR count). The van der Waals surface area contributed by atoms with Gasteiger partial charge in [0.1, 0.15) is 17.9 Å². The van der Waals surface area contributed by atoms with E-state index in [4.69, 9.17) is 15.2 Å². The fourth-order valence-electron chi connectivity index (χ4n) is 3.05. The van der Waals surface area contributed by atoms with E-state index >= 15 is 0 Å². The summed E-state index contributed by atoms with van der Waals surface area (Å²) in [6, 6.07) is 4.93. The van der Waals surface area contributed by atoms with Crippen LogP contribution >= 0.6 is 0 Å². The van der Waals surface area contributed by atoms with Crippen molar-refractivity contribution < 1.29 is 23.0 Å². The van der Waals surface area contributed by atoms with Crippen molar-refractivity contribution in [3.05, 3.63) is 23.8 Å². The molecule has 1 saturated carbocycles. The summed E-state index contributed by atoms with van der Waals surface area (Å²) in [4.78, 5) is 12.7. The molecule has 1 aliphatic rings. The van der Waals surface area contributed by atoms with Crippen LogP contribution in [0.25, 0.3) is 0 Å². The molecule has 1 amide bonds. The van der Waals surface area contributed by atoms with E-state index in [1.807, 2.05) is 20.8 Å². The number of ether oxygens (including phenoxy) is 2. The second-order valence-electron chi connectivity index (χ2n) is 6.98. The molecular formula is C18H26F2N2O3. The predicted molar refractivity (Wildman–Crippen MR) is 92.0 cm³/mol. The number of amides is 1. The summed E-state index contributed by atoms with van der Waals surface area (Å²) in [7, 11) is 0. The Morgan fingerprint density at radius 2 is 2.12 bits per heavy atom. The number of nitrogens with two attached hydrogens (primary N) is 1. The third kappa shape index (κ3) is 3.77. The van der Waals surface area contributed by atoms with Gasteiger partial charge in [0.25, 0.3) is 6.43 Å². The van der Waals surface area contributed by atoms with Gasteiger partial charge < -0.3 is 20.5 Å². The lowest BCUT2D eigenvalue weighted by molar-refractivity contribution is -0.166. The second kappa shape index (κ2) is 7.25. The molecule has 0 radical (unpaired) electrons. The zero-order chi connectivity index (χ0) is 18.8. The van der Waals surface area contributed by atoms with E-state index in [0.717, 1.165) is 0 Å². The number of aryl methyl sites for hydroxylation is 1. The minimum Gasteiger partial charge on any atom is -0.487 e. The molecule has 25 heavy (non-hydrogen) atoms. The average molecular weight is 356 g/mol. The maximum absolute atomic E-state index is 12.7. The molecule has 7 heteroatoms. The van der Waals surface area contributed by atoms with E-state index < -0.39 is 24.0 Å². The molecule has 0 saturated heterocycles. The number of anilines is 1. The number of rotatable bonds is 7. The smallest absolute Gasteiger partial charge is 0.272 e. The molecule has 0 heterocycles. The van der Waals surface area contributed by atoms with Gasteiger partial charge in [-0.25, -0.2) is 8.78 Å². The van der Waals surface area contributed by atoms with E-state index in [2.05, 4.69) is 5.32 Å². The Hall–Kier alpha value is -1.73. The van der Waals surface area contributed by atoms with Crippen molar-refractivity contribution in [1.82, 2.24) is 0 Å². The normalized spacial score (nSPS) is 24.7. The first-order chi connectivity index (χ1) is 11.6. The fraction of sp³-hybridized carbons (Fsp3) is 0.611. The lowest BCUT2D eigenvalue weighted by Crippen LogP contribution is -2.74. The molecular weight excluding hydrogens is 330 g/mol. The Labute approximate surface area is 146 Å². The van der Waals surface area contributed by atoms with Gasteiger partial charge in [-0.15, -0.1) is 0 Å². The first-order valence-electron chi connectivity index (χ1n) is 8.35. The van der Waals surface area contributed by atoms with Crippen LogP contribution in [-0.2, 0) is 9.53 Å². The third-order valence-corrected chi connectivity index (χ3v) is 5.05. The zero-order valence-corrected chi connectivity index (χ0v) is 15.1. The van der Waals surface area contributed by atoms with Crippen LogP contribution in [0.5, 0.6) is 5.75 Å². The molecule has 140 valence electrons. The lowest BCUT2D eigenvalue weighted by Gasteiger charge is -2.57. The van der Waals surface area contributed by atoms with Gasteiger partial charge in [0.15, 0.2) is 0 Å². The van der Waals surface area contributed by atoms with Crippen molar-refractivity contribution in [2.24, 2.45) is 11.1 Å². The Morgan fingerprint density at radius 1 is 1.44 bits per heavy atom. The topological polar surface area (TPSA) is 73.6 Å². The summed E-state index contributed by atoms with van der Waals surface area (Å²) in [6.07, 6.45) is -2.20. The number of hydrogen-bond donors (Lipinski definition) is 2. The van der Waals surface area contributed by atoms with Crippen LogP contribution in [0.4, 0.5) is 14.5 Å². The maximum atomic E-state index is 12.7. The number of hydrogen-bond acceptors (Lipinski definition) is 4. The highest BCUT2D eigenvalue weighted by atomic mass is 19.3. The van der Waals surface area contributed by atoms with Crippen LogP contribution in [-0.4, -0.2) is 37.2 Å². The molecule has 3 N–H and O–H groups in total. The monoisotopic (exact) mass is 356 g/mol. The Balaban J connectivity index is 2.09. The standard InChI is InChI=1S/C18H26F2N2O3/c1-5-24-14-9-18(21,17(14,3)4)16(23)22-12-7-6-11(2)13(8-12)25-10-15(19)20/h6-8,14-15H,5,9-10,21H2,1-4H3,(H,22,23). The van der Waals surface area contributed by atoms with Gasteiger partial charge in [-0.1, -0.05) is 19.9 Å². The second-order valence-corrected chi connectivity index (χ2v) is 6.98. The SMILES string of the molecule is CCOC1CC(N)(C(=O)Nc2ccc(C)c(OCC(F)F)c2)C1(C)C. The molecule has 0 aromatic heterocycles. The van der Waals surface area contributed by atoms with E-state index in [1.54, 1.807) is 19.1 Å². The molecule has 5 nitrogen and oxygen atoms in total. The zero-order valence-electron chi connectivity index (χ0n) is 15.1. The van der Waals surface area contributed by atoms with Gasteiger partial charge in [-0.2, -0.15) is 0 Å². The van der Waals surface area contributed by atoms with E-state index in [-0.39, 0.29) is 12.0 Å². The van der Waals surface area contributed by atoms with Gasteiger partial charge in [0, 0.05) is 30.2 Å². The van der Waals surface area contributed by atoms with Gasteiger partial charge in [0.05, 0.1) is 6.10 Å². The first-order valence-corrected chi connectivity index (χ1v) is 8.35. The van der Waals surface area contributed by atoms with Crippen molar-refractivity contribution in [1.29, 1.82) is 0 Å². The molecule has 1 fully saturated rings. The molecule has 0 bridgehead atoms. The molecule has 2 unspecified atom stereocenters. The lowest BCUT2D eigenvalue weighted by atomic mass is 9.54. The van der Waals surface area contributed by atoms with Gasteiger partial charge in [-0.3, -0.25) is 4.79 Å². The van der Waals surface area contributed by atoms with Crippen LogP contribution in [0.1, 0.15) is 32.8 Å². The van der Waals surface area contributed by atoms with Gasteiger partial charge in [-0.05, 0) is 25.5 Å². The van der Waals surface area contributed by atoms with Crippen molar-refractivity contribution in [3.8, 4) is 5.75 Å². The van der Waals surface area contributed by atoms with Crippen LogP contribution in [0, 0.1) is 12.3 Å². The minimum absolute atomic E-state index is 0.0730. The van der Waals surface area contributed by atoms with Gasteiger partial charge >= 0.3 is 0 Å².